The summed E-state index contributed by atoms with van der Waals surface area (Å²) >= 11 is 0. The third kappa shape index (κ3) is 7.31. The summed E-state index contributed by atoms with van der Waals surface area (Å²) in [6.45, 7) is 5.60. The van der Waals surface area contributed by atoms with Crippen molar-refractivity contribution in [2.45, 2.75) is 37.6 Å². The Hall–Kier alpha value is -1.64. The minimum Gasteiger partial charge on any atom is -0.381 e. The Balaban J connectivity index is 1.82. The molecule has 0 bridgehead atoms. The predicted molar refractivity (Wildman–Crippen MR) is 104 cm³/mol. The van der Waals surface area contributed by atoms with E-state index in [-0.39, 0.29) is 4.90 Å². The smallest absolute Gasteiger partial charge is 0.240 e. The molecule has 1 aromatic carbocycles. The van der Waals surface area contributed by atoms with Crippen molar-refractivity contribution in [2.75, 3.05) is 33.4 Å². The summed E-state index contributed by atoms with van der Waals surface area (Å²) in [5.41, 5.74) is 0.839. The molecule has 3 N–H and O–H groups in total. The number of benzene rings is 1. The second-order valence-electron chi connectivity index (χ2n) is 6.35. The summed E-state index contributed by atoms with van der Waals surface area (Å²) in [6, 6.07) is 6.81. The van der Waals surface area contributed by atoms with Gasteiger partial charge in [0.25, 0.3) is 0 Å². The summed E-state index contributed by atoms with van der Waals surface area (Å²) in [5.74, 6) is 1.51. The van der Waals surface area contributed by atoms with Crippen LogP contribution in [0.4, 0.5) is 0 Å². The molecule has 1 saturated carbocycles. The zero-order valence-corrected chi connectivity index (χ0v) is 16.4. The summed E-state index contributed by atoms with van der Waals surface area (Å²) < 4.78 is 31.7. The minimum atomic E-state index is -3.44. The van der Waals surface area contributed by atoms with Gasteiger partial charge >= 0.3 is 0 Å². The van der Waals surface area contributed by atoms with Gasteiger partial charge in [-0.3, -0.25) is 0 Å². The maximum absolute atomic E-state index is 11.9. The number of rotatable bonds is 11. The van der Waals surface area contributed by atoms with E-state index in [1.807, 2.05) is 13.0 Å². The summed E-state index contributed by atoms with van der Waals surface area (Å²) in [7, 11) is -2.03. The van der Waals surface area contributed by atoms with Crippen molar-refractivity contribution in [2.24, 2.45) is 10.9 Å². The number of hydrogen-bond acceptors (Lipinski definition) is 4. The van der Waals surface area contributed by atoms with Gasteiger partial charge in [0.2, 0.25) is 10.0 Å². The second kappa shape index (κ2) is 10.5. The lowest BCUT2D eigenvalue weighted by atomic mass is 10.2. The van der Waals surface area contributed by atoms with Gasteiger partial charge < -0.3 is 15.4 Å². The molecule has 0 atom stereocenters. The van der Waals surface area contributed by atoms with Crippen LogP contribution in [-0.2, 0) is 21.3 Å². The van der Waals surface area contributed by atoms with Crippen molar-refractivity contribution in [1.29, 1.82) is 0 Å². The van der Waals surface area contributed by atoms with Crippen LogP contribution >= 0.6 is 0 Å². The van der Waals surface area contributed by atoms with Gasteiger partial charge in [-0.05, 0) is 56.8 Å². The van der Waals surface area contributed by atoms with Crippen molar-refractivity contribution < 1.29 is 13.2 Å². The van der Waals surface area contributed by atoms with Gasteiger partial charge in [-0.15, -0.1) is 0 Å². The van der Waals surface area contributed by atoms with Crippen molar-refractivity contribution in [3.8, 4) is 0 Å². The largest absolute Gasteiger partial charge is 0.381 e. The fraction of sp³-hybridized carbons (Fsp3) is 0.611. The quantitative estimate of drug-likeness (QED) is 0.306. The average molecular weight is 383 g/mol. The Morgan fingerprint density at radius 2 is 2.12 bits per heavy atom. The molecule has 1 fully saturated rings. The second-order valence-corrected chi connectivity index (χ2v) is 8.24. The van der Waals surface area contributed by atoms with Gasteiger partial charge in [0.1, 0.15) is 0 Å². The van der Waals surface area contributed by atoms with Crippen LogP contribution in [0.2, 0.25) is 0 Å². The minimum absolute atomic E-state index is 0.249. The van der Waals surface area contributed by atoms with E-state index in [2.05, 4.69) is 20.3 Å². The molecule has 1 aliphatic carbocycles. The fourth-order valence-corrected chi connectivity index (χ4v) is 3.16. The van der Waals surface area contributed by atoms with E-state index in [9.17, 15) is 8.42 Å². The normalized spacial score (nSPS) is 15.1. The number of sulfonamides is 1. The lowest BCUT2D eigenvalue weighted by Crippen LogP contribution is -2.38. The molecule has 8 heteroatoms. The molecule has 7 nitrogen and oxygen atoms in total. The van der Waals surface area contributed by atoms with Crippen LogP contribution < -0.4 is 15.4 Å². The van der Waals surface area contributed by atoms with E-state index >= 15 is 0 Å². The molecular weight excluding hydrogens is 352 g/mol. The Morgan fingerprint density at radius 1 is 1.31 bits per heavy atom. The molecule has 0 heterocycles. The van der Waals surface area contributed by atoms with Crippen LogP contribution in [0.25, 0.3) is 0 Å². The molecule has 0 radical (unpaired) electrons. The highest BCUT2D eigenvalue weighted by atomic mass is 32.2. The van der Waals surface area contributed by atoms with E-state index in [0.29, 0.717) is 6.54 Å². The van der Waals surface area contributed by atoms with Crippen LogP contribution in [0.1, 0.15) is 31.7 Å². The standard InChI is InChI=1S/C18H30N4O3S/c1-3-20-18(21-10-5-11-25-14-15-8-9-15)22-13-16-6-4-7-17(12-16)26(23,24)19-2/h4,6-7,12,15,19H,3,5,8-11,13-14H2,1-2H3,(H2,20,21,22). The maximum Gasteiger partial charge on any atom is 0.240 e. The molecule has 0 amide bonds. The molecule has 0 aliphatic heterocycles. The van der Waals surface area contributed by atoms with Gasteiger partial charge in [0, 0.05) is 26.3 Å². The van der Waals surface area contributed by atoms with Crippen LogP contribution in [0.3, 0.4) is 0 Å². The van der Waals surface area contributed by atoms with E-state index in [4.69, 9.17) is 4.74 Å². The van der Waals surface area contributed by atoms with Crippen molar-refractivity contribution in [1.82, 2.24) is 15.4 Å². The SMILES string of the molecule is CCNC(=NCc1cccc(S(=O)(=O)NC)c1)NCCCOCC1CC1. The first-order valence-electron chi connectivity index (χ1n) is 9.17. The van der Waals surface area contributed by atoms with Crippen molar-refractivity contribution in [3.05, 3.63) is 29.8 Å². The van der Waals surface area contributed by atoms with E-state index in [1.54, 1.807) is 18.2 Å². The number of nitrogens with zero attached hydrogens (tertiary/aromatic N) is 1. The zero-order chi connectivity index (χ0) is 18.8. The molecule has 1 aliphatic rings. The Bertz CT molecular complexity index is 687. The number of aliphatic imine (C=N–C) groups is 1. The predicted octanol–water partition coefficient (Wildman–Crippen LogP) is 1.47. The number of hydrogen-bond donors (Lipinski definition) is 3. The summed E-state index contributed by atoms with van der Waals surface area (Å²) in [5, 5.41) is 6.47. The molecule has 0 unspecified atom stereocenters. The first kappa shape index (κ1) is 20.7. The van der Waals surface area contributed by atoms with Gasteiger partial charge in [0.15, 0.2) is 5.96 Å². The van der Waals surface area contributed by atoms with Gasteiger partial charge in [-0.25, -0.2) is 18.1 Å². The van der Waals surface area contributed by atoms with Gasteiger partial charge in [0.05, 0.1) is 11.4 Å². The summed E-state index contributed by atoms with van der Waals surface area (Å²) in [6.07, 6.45) is 3.55. The number of guanidine groups is 1. The van der Waals surface area contributed by atoms with Crippen molar-refractivity contribution in [3.63, 3.8) is 0 Å². The maximum atomic E-state index is 11.9. The highest BCUT2D eigenvalue weighted by Gasteiger charge is 2.20. The molecule has 146 valence electrons. The number of nitrogens with one attached hydrogen (secondary N) is 3. The lowest BCUT2D eigenvalue weighted by Gasteiger charge is -2.11. The Kier molecular flexibility index (Phi) is 8.34. The van der Waals surface area contributed by atoms with E-state index in [0.717, 1.165) is 50.2 Å². The third-order valence-electron chi connectivity index (χ3n) is 4.05. The van der Waals surface area contributed by atoms with Crippen LogP contribution in [0.5, 0.6) is 0 Å². The molecule has 2 rings (SSSR count). The average Bonchev–Trinajstić information content (AvgIpc) is 3.47. The Morgan fingerprint density at radius 3 is 2.81 bits per heavy atom. The van der Waals surface area contributed by atoms with E-state index in [1.165, 1.54) is 19.9 Å². The van der Waals surface area contributed by atoms with E-state index < -0.39 is 10.0 Å². The first-order chi connectivity index (χ1) is 12.5. The fourth-order valence-electron chi connectivity index (χ4n) is 2.36. The molecular formula is C18H30N4O3S. The molecule has 1 aromatic rings. The van der Waals surface area contributed by atoms with Crippen molar-refractivity contribution >= 4 is 16.0 Å². The highest BCUT2D eigenvalue weighted by Crippen LogP contribution is 2.28. The Labute approximate surface area is 156 Å². The summed E-state index contributed by atoms with van der Waals surface area (Å²) in [4.78, 5) is 4.78. The monoisotopic (exact) mass is 382 g/mol. The van der Waals surface area contributed by atoms with Crippen LogP contribution in [0, 0.1) is 5.92 Å². The molecule has 26 heavy (non-hydrogen) atoms. The lowest BCUT2D eigenvalue weighted by molar-refractivity contribution is 0.123. The first-order valence-corrected chi connectivity index (χ1v) is 10.7. The molecule has 0 spiro atoms. The number of ether oxygens (including phenoxy) is 1. The zero-order valence-electron chi connectivity index (χ0n) is 15.6. The van der Waals surface area contributed by atoms with Gasteiger partial charge in [-0.1, -0.05) is 12.1 Å². The molecule has 0 saturated heterocycles. The molecule has 0 aromatic heterocycles. The van der Waals surface area contributed by atoms with Crippen LogP contribution in [0.15, 0.2) is 34.2 Å². The van der Waals surface area contributed by atoms with Gasteiger partial charge in [-0.2, -0.15) is 0 Å². The van der Waals surface area contributed by atoms with Crippen LogP contribution in [-0.4, -0.2) is 47.7 Å². The third-order valence-corrected chi connectivity index (χ3v) is 5.46. The topological polar surface area (TPSA) is 91.8 Å². The highest BCUT2D eigenvalue weighted by molar-refractivity contribution is 7.89.